The summed E-state index contributed by atoms with van der Waals surface area (Å²) in [5, 5.41) is 0. The summed E-state index contributed by atoms with van der Waals surface area (Å²) < 4.78 is 41.7. The van der Waals surface area contributed by atoms with Gasteiger partial charge in [-0.2, -0.15) is 17.0 Å². The minimum absolute atomic E-state index is 0.271. The molecule has 0 atom stereocenters. The summed E-state index contributed by atoms with van der Waals surface area (Å²) in [4.78, 5) is 0. The predicted molar refractivity (Wildman–Crippen MR) is 91.9 cm³/mol. The number of halogens is 1. The monoisotopic (exact) mass is 348 g/mol. The third-order valence-corrected chi connectivity index (χ3v) is 6.15. The van der Waals surface area contributed by atoms with E-state index in [0.717, 1.165) is 23.1 Å². The van der Waals surface area contributed by atoms with Crippen LogP contribution in [-0.4, -0.2) is 30.1 Å². The van der Waals surface area contributed by atoms with Gasteiger partial charge in [-0.3, -0.25) is 0 Å². The molecule has 0 unspecified atom stereocenters. The molecule has 0 N–H and O–H groups in total. The number of hydrogen-bond donors (Lipinski definition) is 0. The molecule has 1 saturated heterocycles. The summed E-state index contributed by atoms with van der Waals surface area (Å²) in [6.45, 7) is 3.67. The van der Waals surface area contributed by atoms with E-state index in [4.69, 9.17) is 0 Å². The van der Waals surface area contributed by atoms with Gasteiger partial charge in [0.25, 0.3) is 10.2 Å². The van der Waals surface area contributed by atoms with Crippen LogP contribution in [0.25, 0.3) is 0 Å². The van der Waals surface area contributed by atoms with Crippen LogP contribution >= 0.6 is 0 Å². The first-order valence-corrected chi connectivity index (χ1v) is 9.40. The topological polar surface area (TPSA) is 40.6 Å². The first-order chi connectivity index (χ1) is 11.4. The standard InChI is InChI=1S/C18H21FN2O2S/c1-15-3-5-16(6-4-15)13-20-11-2-12-21(24(20,22)23)14-17-7-9-18(19)10-8-17/h3-10H,2,11-14H2,1H3. The molecule has 1 aliphatic heterocycles. The largest absolute Gasteiger partial charge is 0.282 e. The van der Waals surface area contributed by atoms with E-state index < -0.39 is 10.2 Å². The van der Waals surface area contributed by atoms with Gasteiger partial charge in [-0.1, -0.05) is 42.0 Å². The Labute approximate surface area is 142 Å². The Morgan fingerprint density at radius 1 is 0.875 bits per heavy atom. The quantitative estimate of drug-likeness (QED) is 0.852. The van der Waals surface area contributed by atoms with Crippen molar-refractivity contribution in [3.63, 3.8) is 0 Å². The first-order valence-electron chi connectivity index (χ1n) is 8.00. The second-order valence-electron chi connectivity index (χ2n) is 6.14. The Morgan fingerprint density at radius 2 is 1.33 bits per heavy atom. The van der Waals surface area contributed by atoms with Gasteiger partial charge in [0.15, 0.2) is 0 Å². The molecule has 2 aromatic carbocycles. The number of hydrogen-bond acceptors (Lipinski definition) is 2. The highest BCUT2D eigenvalue weighted by Crippen LogP contribution is 2.21. The molecule has 4 nitrogen and oxygen atoms in total. The number of aryl methyl sites for hydroxylation is 1. The van der Waals surface area contributed by atoms with E-state index in [2.05, 4.69) is 0 Å². The fourth-order valence-corrected chi connectivity index (χ4v) is 4.50. The summed E-state index contributed by atoms with van der Waals surface area (Å²) in [7, 11) is -3.51. The lowest BCUT2D eigenvalue weighted by molar-refractivity contribution is 0.276. The van der Waals surface area contributed by atoms with Crippen LogP contribution in [0.15, 0.2) is 48.5 Å². The zero-order valence-electron chi connectivity index (χ0n) is 13.7. The Bertz CT molecular complexity index is 727. The summed E-state index contributed by atoms with van der Waals surface area (Å²) in [6.07, 6.45) is 0.784. The second kappa shape index (κ2) is 7.01. The van der Waals surface area contributed by atoms with E-state index in [1.54, 1.807) is 12.1 Å². The van der Waals surface area contributed by atoms with Crippen molar-refractivity contribution in [2.24, 2.45) is 0 Å². The molecule has 24 heavy (non-hydrogen) atoms. The summed E-state index contributed by atoms with van der Waals surface area (Å²) in [6, 6.07) is 13.9. The molecular weight excluding hydrogens is 327 g/mol. The van der Waals surface area contributed by atoms with E-state index in [1.165, 1.54) is 20.7 Å². The van der Waals surface area contributed by atoms with Crippen LogP contribution in [0.1, 0.15) is 23.1 Å². The number of nitrogens with zero attached hydrogens (tertiary/aromatic N) is 2. The third kappa shape index (κ3) is 3.83. The van der Waals surface area contributed by atoms with Crippen molar-refractivity contribution in [1.82, 2.24) is 8.61 Å². The fourth-order valence-electron chi connectivity index (χ4n) is 2.83. The third-order valence-electron chi connectivity index (χ3n) is 4.22. The Morgan fingerprint density at radius 3 is 1.83 bits per heavy atom. The van der Waals surface area contributed by atoms with Gasteiger partial charge in [0, 0.05) is 26.2 Å². The highest BCUT2D eigenvalue weighted by Gasteiger charge is 2.33. The van der Waals surface area contributed by atoms with E-state index in [1.807, 2.05) is 31.2 Å². The van der Waals surface area contributed by atoms with Crippen molar-refractivity contribution in [3.8, 4) is 0 Å². The lowest BCUT2D eigenvalue weighted by Gasteiger charge is -2.34. The molecule has 1 fully saturated rings. The highest BCUT2D eigenvalue weighted by molar-refractivity contribution is 7.86. The molecule has 0 aromatic heterocycles. The van der Waals surface area contributed by atoms with E-state index in [-0.39, 0.29) is 12.4 Å². The van der Waals surface area contributed by atoms with Gasteiger partial charge < -0.3 is 0 Å². The Balaban J connectivity index is 1.75. The van der Waals surface area contributed by atoms with E-state index in [9.17, 15) is 12.8 Å². The van der Waals surface area contributed by atoms with Gasteiger partial charge >= 0.3 is 0 Å². The van der Waals surface area contributed by atoms with Crippen LogP contribution < -0.4 is 0 Å². The Hall–Kier alpha value is -1.76. The van der Waals surface area contributed by atoms with Gasteiger partial charge in [-0.25, -0.2) is 4.39 Å². The van der Waals surface area contributed by atoms with Crippen LogP contribution in [-0.2, 0) is 23.3 Å². The first kappa shape index (κ1) is 17.1. The molecule has 0 bridgehead atoms. The predicted octanol–water partition coefficient (Wildman–Crippen LogP) is 3.09. The normalized spacial score (nSPS) is 18.6. The minimum atomic E-state index is -3.51. The van der Waals surface area contributed by atoms with Crippen LogP contribution in [0.2, 0.25) is 0 Å². The number of benzene rings is 2. The average Bonchev–Trinajstić information content (AvgIpc) is 2.55. The molecule has 1 heterocycles. The van der Waals surface area contributed by atoms with Gasteiger partial charge in [0.2, 0.25) is 0 Å². The SMILES string of the molecule is Cc1ccc(CN2CCCN(Cc3ccc(F)cc3)S2(=O)=O)cc1. The van der Waals surface area contributed by atoms with E-state index >= 15 is 0 Å². The zero-order chi connectivity index (χ0) is 17.2. The van der Waals surface area contributed by atoms with Crippen molar-refractivity contribution in [2.45, 2.75) is 26.4 Å². The van der Waals surface area contributed by atoms with Crippen LogP contribution in [0.3, 0.4) is 0 Å². The van der Waals surface area contributed by atoms with Gasteiger partial charge in [0.05, 0.1) is 0 Å². The maximum absolute atomic E-state index is 13.0. The summed E-state index contributed by atoms with van der Waals surface area (Å²) >= 11 is 0. The van der Waals surface area contributed by atoms with E-state index in [0.29, 0.717) is 19.6 Å². The smallest absolute Gasteiger partial charge is 0.207 e. The molecule has 1 aliphatic rings. The Kier molecular flexibility index (Phi) is 4.99. The molecule has 0 saturated carbocycles. The highest BCUT2D eigenvalue weighted by atomic mass is 32.2. The maximum atomic E-state index is 13.0. The van der Waals surface area contributed by atoms with Gasteiger partial charge in [0.1, 0.15) is 5.82 Å². The molecule has 0 aliphatic carbocycles. The van der Waals surface area contributed by atoms with Gasteiger partial charge in [-0.05, 0) is 36.6 Å². The van der Waals surface area contributed by atoms with Crippen molar-refractivity contribution in [3.05, 3.63) is 71.0 Å². The molecular formula is C18H21FN2O2S. The van der Waals surface area contributed by atoms with Crippen LogP contribution in [0.4, 0.5) is 4.39 Å². The zero-order valence-corrected chi connectivity index (χ0v) is 14.5. The molecule has 2 aromatic rings. The lowest BCUT2D eigenvalue weighted by atomic mass is 10.1. The molecule has 0 spiro atoms. The average molecular weight is 348 g/mol. The minimum Gasteiger partial charge on any atom is -0.207 e. The van der Waals surface area contributed by atoms with Crippen LogP contribution in [0, 0.1) is 12.7 Å². The van der Waals surface area contributed by atoms with Crippen molar-refractivity contribution in [2.75, 3.05) is 13.1 Å². The maximum Gasteiger partial charge on any atom is 0.282 e. The summed E-state index contributed by atoms with van der Waals surface area (Å²) in [5.41, 5.74) is 2.92. The number of rotatable bonds is 4. The molecule has 3 rings (SSSR count). The molecule has 6 heteroatoms. The molecule has 0 amide bonds. The van der Waals surface area contributed by atoms with Crippen molar-refractivity contribution >= 4 is 10.2 Å². The summed E-state index contributed by atoms with van der Waals surface area (Å²) in [5.74, 6) is -0.318. The molecule has 0 radical (unpaired) electrons. The van der Waals surface area contributed by atoms with Gasteiger partial charge in [-0.15, -0.1) is 0 Å². The molecule has 128 valence electrons. The van der Waals surface area contributed by atoms with Crippen molar-refractivity contribution < 1.29 is 12.8 Å². The second-order valence-corrected chi connectivity index (χ2v) is 8.07. The fraction of sp³-hybridized carbons (Fsp3) is 0.333. The lowest BCUT2D eigenvalue weighted by Crippen LogP contribution is -2.48. The van der Waals surface area contributed by atoms with Crippen molar-refractivity contribution in [1.29, 1.82) is 0 Å². The van der Waals surface area contributed by atoms with Crippen LogP contribution in [0.5, 0.6) is 0 Å².